The van der Waals surface area contributed by atoms with Crippen LogP contribution >= 0.6 is 0 Å². The Labute approximate surface area is 174 Å². The minimum atomic E-state index is -1.34. The maximum Gasteiger partial charge on any atom is 0.534 e. The van der Waals surface area contributed by atoms with Crippen molar-refractivity contribution in [3.05, 3.63) is 65.2 Å². The van der Waals surface area contributed by atoms with E-state index in [1.54, 1.807) is 26.8 Å². The molecule has 1 heterocycles. The summed E-state index contributed by atoms with van der Waals surface area (Å²) in [5.41, 5.74) is 2.36. The van der Waals surface area contributed by atoms with Crippen molar-refractivity contribution < 1.29 is 29.1 Å². The number of amides is 2. The molecule has 0 aromatic heterocycles. The van der Waals surface area contributed by atoms with Crippen LogP contribution in [0.15, 0.2) is 48.5 Å². The van der Waals surface area contributed by atoms with Gasteiger partial charge in [0.15, 0.2) is 0 Å². The molecular weight excluding hydrogens is 388 g/mol. The minimum Gasteiger partial charge on any atom is -0.465 e. The fourth-order valence-electron chi connectivity index (χ4n) is 3.21. The van der Waals surface area contributed by atoms with Crippen molar-refractivity contribution in [2.75, 3.05) is 5.06 Å². The molecule has 2 amide bonds. The molecule has 0 aliphatic carbocycles. The molecule has 2 N–H and O–H groups in total. The number of nitrogens with zero attached hydrogens (tertiary/aromatic N) is 1. The number of rotatable bonds is 4. The summed E-state index contributed by atoms with van der Waals surface area (Å²) in [5.74, 6) is -0.688. The summed E-state index contributed by atoms with van der Waals surface area (Å²) < 4.78 is 5.13. The second-order valence-electron chi connectivity index (χ2n) is 8.02. The van der Waals surface area contributed by atoms with Crippen LogP contribution in [0.1, 0.15) is 37.5 Å². The number of fused-ring (bicyclic) bond motifs is 1. The second kappa shape index (κ2) is 8.44. The molecule has 0 unspecified atom stereocenters. The molecule has 2 aromatic carbocycles. The number of benzene rings is 2. The average molecular weight is 412 g/mol. The third kappa shape index (κ3) is 5.28. The number of ether oxygens (including phenoxy) is 1. The van der Waals surface area contributed by atoms with E-state index in [0.717, 1.165) is 16.2 Å². The van der Waals surface area contributed by atoms with Gasteiger partial charge in [0.1, 0.15) is 11.6 Å². The van der Waals surface area contributed by atoms with Crippen LogP contribution in [-0.2, 0) is 27.2 Å². The van der Waals surface area contributed by atoms with Crippen LogP contribution in [0.5, 0.6) is 0 Å². The SMILES string of the molecule is CC(C)(C)OC(=O)ON1C(=O)[C@@H](NC(=O)O)Cc2cc(Cc3ccccc3)ccc21. The summed E-state index contributed by atoms with van der Waals surface area (Å²) in [7, 11) is 0. The van der Waals surface area contributed by atoms with Crippen molar-refractivity contribution >= 4 is 23.8 Å². The van der Waals surface area contributed by atoms with E-state index in [9.17, 15) is 14.4 Å². The molecule has 0 fully saturated rings. The molecule has 8 nitrogen and oxygen atoms in total. The van der Waals surface area contributed by atoms with Crippen molar-refractivity contribution in [2.45, 2.75) is 45.3 Å². The first-order valence-electron chi connectivity index (χ1n) is 9.52. The van der Waals surface area contributed by atoms with Crippen LogP contribution < -0.4 is 10.4 Å². The number of nitrogens with one attached hydrogen (secondary N) is 1. The molecule has 0 bridgehead atoms. The topological polar surface area (TPSA) is 105 Å². The predicted molar refractivity (Wildman–Crippen MR) is 109 cm³/mol. The van der Waals surface area contributed by atoms with Crippen LogP contribution in [0.25, 0.3) is 0 Å². The van der Waals surface area contributed by atoms with Crippen molar-refractivity contribution in [2.24, 2.45) is 0 Å². The van der Waals surface area contributed by atoms with Crippen LogP contribution in [0.2, 0.25) is 0 Å². The van der Waals surface area contributed by atoms with Gasteiger partial charge < -0.3 is 15.2 Å². The average Bonchev–Trinajstić information content (AvgIpc) is 2.64. The summed E-state index contributed by atoms with van der Waals surface area (Å²) in [5, 5.41) is 12.1. The quantitative estimate of drug-likeness (QED) is 0.743. The third-order valence-electron chi connectivity index (χ3n) is 4.39. The highest BCUT2D eigenvalue weighted by atomic mass is 16.8. The Morgan fingerprint density at radius 2 is 1.83 bits per heavy atom. The largest absolute Gasteiger partial charge is 0.534 e. The van der Waals surface area contributed by atoms with Crippen molar-refractivity contribution in [3.8, 4) is 0 Å². The molecule has 0 saturated carbocycles. The number of hydrogen-bond donors (Lipinski definition) is 2. The lowest BCUT2D eigenvalue weighted by Crippen LogP contribution is -2.53. The second-order valence-corrected chi connectivity index (χ2v) is 8.02. The first-order chi connectivity index (χ1) is 14.1. The van der Waals surface area contributed by atoms with Gasteiger partial charge in [-0.05, 0) is 49.9 Å². The van der Waals surface area contributed by atoms with E-state index in [2.05, 4.69) is 5.32 Å². The molecule has 1 aliphatic heterocycles. The Hall–Kier alpha value is -3.55. The summed E-state index contributed by atoms with van der Waals surface area (Å²) in [6.45, 7) is 5.01. The van der Waals surface area contributed by atoms with Crippen molar-refractivity contribution in [3.63, 3.8) is 0 Å². The van der Waals surface area contributed by atoms with Crippen LogP contribution in [0.3, 0.4) is 0 Å². The summed E-state index contributed by atoms with van der Waals surface area (Å²) in [6.07, 6.45) is -1.57. The van der Waals surface area contributed by atoms with E-state index < -0.39 is 29.8 Å². The van der Waals surface area contributed by atoms with Gasteiger partial charge in [-0.3, -0.25) is 9.63 Å². The first-order valence-corrected chi connectivity index (χ1v) is 9.52. The molecule has 30 heavy (non-hydrogen) atoms. The van der Waals surface area contributed by atoms with Gasteiger partial charge in [0, 0.05) is 6.42 Å². The van der Waals surface area contributed by atoms with E-state index in [-0.39, 0.29) is 6.42 Å². The van der Waals surface area contributed by atoms with E-state index in [1.807, 2.05) is 42.5 Å². The molecule has 1 atom stereocenters. The Balaban J connectivity index is 1.90. The molecular formula is C22H24N2O6. The Kier molecular flexibility index (Phi) is 5.96. The maximum absolute atomic E-state index is 12.8. The smallest absolute Gasteiger partial charge is 0.465 e. The fraction of sp³-hybridized carbons (Fsp3) is 0.318. The first kappa shape index (κ1) is 21.2. The fourth-order valence-corrected chi connectivity index (χ4v) is 3.21. The van der Waals surface area contributed by atoms with E-state index >= 15 is 0 Å². The zero-order valence-corrected chi connectivity index (χ0v) is 17.0. The van der Waals surface area contributed by atoms with Gasteiger partial charge in [-0.25, -0.2) is 9.59 Å². The van der Waals surface area contributed by atoms with E-state index in [1.165, 1.54) is 0 Å². The molecule has 2 aromatic rings. The Morgan fingerprint density at radius 3 is 2.47 bits per heavy atom. The zero-order chi connectivity index (χ0) is 21.9. The van der Waals surface area contributed by atoms with Gasteiger partial charge >= 0.3 is 12.2 Å². The van der Waals surface area contributed by atoms with E-state index in [4.69, 9.17) is 14.7 Å². The number of hydroxylamine groups is 1. The van der Waals surface area contributed by atoms with Crippen molar-refractivity contribution in [1.82, 2.24) is 5.32 Å². The number of carboxylic acid groups (broad SMARTS) is 1. The highest BCUT2D eigenvalue weighted by Gasteiger charge is 2.37. The molecule has 1 aliphatic rings. The summed E-state index contributed by atoms with van der Waals surface area (Å²) in [4.78, 5) is 41.2. The van der Waals surface area contributed by atoms with Gasteiger partial charge in [-0.1, -0.05) is 42.5 Å². The van der Waals surface area contributed by atoms with Crippen LogP contribution in [0, 0.1) is 0 Å². The number of anilines is 1. The number of carbonyl (C=O) groups is 3. The highest BCUT2D eigenvalue weighted by molar-refractivity contribution is 6.01. The highest BCUT2D eigenvalue weighted by Crippen LogP contribution is 2.30. The zero-order valence-electron chi connectivity index (χ0n) is 17.0. The third-order valence-corrected chi connectivity index (χ3v) is 4.39. The van der Waals surface area contributed by atoms with Gasteiger partial charge in [-0.2, -0.15) is 0 Å². The molecule has 158 valence electrons. The lowest BCUT2D eigenvalue weighted by Gasteiger charge is -2.32. The Bertz CT molecular complexity index is 952. The Morgan fingerprint density at radius 1 is 1.13 bits per heavy atom. The summed E-state index contributed by atoms with van der Waals surface area (Å²) in [6, 6.07) is 14.2. The standard InChI is InChI=1S/C22H24N2O6/c1-22(2,3)29-21(28)30-24-18-10-9-15(11-14-7-5-4-6-8-14)12-16(18)13-17(19(24)25)23-20(26)27/h4-10,12,17,23H,11,13H2,1-3H3,(H,26,27)/t17-/m0/s1. The van der Waals surface area contributed by atoms with Gasteiger partial charge in [0.25, 0.3) is 5.91 Å². The number of hydrogen-bond acceptors (Lipinski definition) is 5. The lowest BCUT2D eigenvalue weighted by atomic mass is 9.94. The van der Waals surface area contributed by atoms with Gasteiger partial charge in [0.2, 0.25) is 0 Å². The molecule has 0 saturated heterocycles. The predicted octanol–water partition coefficient (Wildman–Crippen LogP) is 3.67. The normalized spacial score (nSPS) is 15.9. The minimum absolute atomic E-state index is 0.150. The van der Waals surface area contributed by atoms with Crippen molar-refractivity contribution in [1.29, 1.82) is 0 Å². The molecule has 8 heteroatoms. The van der Waals surface area contributed by atoms with E-state index in [0.29, 0.717) is 17.7 Å². The molecule has 0 spiro atoms. The lowest BCUT2D eigenvalue weighted by molar-refractivity contribution is -0.128. The van der Waals surface area contributed by atoms with Crippen LogP contribution in [-0.4, -0.2) is 34.9 Å². The van der Waals surface area contributed by atoms with Gasteiger partial charge in [0.05, 0.1) is 5.69 Å². The maximum atomic E-state index is 12.8. The van der Waals surface area contributed by atoms with Crippen LogP contribution in [0.4, 0.5) is 15.3 Å². The van der Waals surface area contributed by atoms with Gasteiger partial charge in [-0.15, -0.1) is 5.06 Å². The number of carbonyl (C=O) groups excluding carboxylic acids is 2. The summed E-state index contributed by atoms with van der Waals surface area (Å²) >= 11 is 0. The molecule has 0 radical (unpaired) electrons. The monoisotopic (exact) mass is 412 g/mol. The molecule has 3 rings (SSSR count).